The van der Waals surface area contributed by atoms with Gasteiger partial charge in [0.15, 0.2) is 0 Å². The van der Waals surface area contributed by atoms with E-state index in [9.17, 15) is 34.4 Å². The highest BCUT2D eigenvalue weighted by Crippen LogP contribution is 2.36. The molecule has 0 spiro atoms. The monoisotopic (exact) mass is 645 g/mol. The lowest BCUT2D eigenvalue weighted by molar-refractivity contribution is 0.0161. The lowest BCUT2D eigenvalue weighted by atomic mass is 10.2. The van der Waals surface area contributed by atoms with Crippen molar-refractivity contribution in [3.63, 3.8) is 0 Å². The summed E-state index contributed by atoms with van der Waals surface area (Å²) in [6, 6.07) is 5.53. The largest absolute Gasteiger partial charge is 0.395 e. The first kappa shape index (κ1) is 27.5. The smallest absolute Gasteiger partial charge is 0.264 e. The van der Waals surface area contributed by atoms with Crippen LogP contribution in [0.5, 0.6) is 0 Å². The first-order chi connectivity index (χ1) is 14.6. The molecule has 2 aromatic rings. The van der Waals surface area contributed by atoms with Gasteiger partial charge in [0.2, 0.25) is 10.0 Å². The molecular formula is C17H14Br2ClF4NO5S2. The fourth-order valence-corrected chi connectivity index (χ4v) is 6.04. The van der Waals surface area contributed by atoms with Crippen molar-refractivity contribution < 1.29 is 39.5 Å². The Morgan fingerprint density at radius 2 is 1.47 bits per heavy atom. The SMILES string of the molecule is O=S(=O)(Cl)c1ccc(Br)cc1F.O=S(=O)(c1ccc(Br)cc1F)N1CC(F)(F)CC1CO. The van der Waals surface area contributed by atoms with Crippen LogP contribution in [0.1, 0.15) is 6.42 Å². The van der Waals surface area contributed by atoms with Gasteiger partial charge in [-0.15, -0.1) is 0 Å². The number of aliphatic hydroxyl groups excluding tert-OH is 1. The second-order valence-corrected chi connectivity index (χ2v) is 12.8. The van der Waals surface area contributed by atoms with Crippen LogP contribution in [0.25, 0.3) is 0 Å². The third-order valence-corrected chi connectivity index (χ3v) is 8.45. The zero-order valence-corrected chi connectivity index (χ0v) is 21.2. The molecule has 1 N–H and O–H groups in total. The Hall–Kier alpha value is -0.770. The molecule has 1 fully saturated rings. The highest BCUT2D eigenvalue weighted by atomic mass is 79.9. The van der Waals surface area contributed by atoms with Gasteiger partial charge in [0, 0.05) is 26.0 Å². The fraction of sp³-hybridized carbons (Fsp3) is 0.294. The van der Waals surface area contributed by atoms with Crippen molar-refractivity contribution in [2.75, 3.05) is 13.2 Å². The highest BCUT2D eigenvalue weighted by molar-refractivity contribution is 9.10. The second kappa shape index (κ2) is 10.2. The molecule has 178 valence electrons. The predicted molar refractivity (Wildman–Crippen MR) is 116 cm³/mol. The fourth-order valence-electron chi connectivity index (χ4n) is 2.79. The lowest BCUT2D eigenvalue weighted by Gasteiger charge is -2.22. The predicted octanol–water partition coefficient (Wildman–Crippen LogP) is 4.49. The van der Waals surface area contributed by atoms with E-state index in [2.05, 4.69) is 31.9 Å². The Balaban J connectivity index is 0.000000258. The molecule has 0 amide bonds. The van der Waals surface area contributed by atoms with Gasteiger partial charge in [-0.2, -0.15) is 4.31 Å². The standard InChI is InChI=1S/C11H11BrF3NO3S.C6H3BrClFO2S/c12-7-1-2-10(9(13)3-7)20(18,19)16-6-11(14,15)4-8(16)5-17;7-4-1-2-6(5(9)3-4)12(8,10)11/h1-3,8,17H,4-6H2;1-3H. The van der Waals surface area contributed by atoms with Crippen molar-refractivity contribution in [2.24, 2.45) is 0 Å². The van der Waals surface area contributed by atoms with Crippen LogP contribution < -0.4 is 0 Å². The van der Waals surface area contributed by atoms with E-state index >= 15 is 0 Å². The molecule has 1 aliphatic heterocycles. The van der Waals surface area contributed by atoms with Gasteiger partial charge in [-0.25, -0.2) is 34.4 Å². The number of nitrogens with zero attached hydrogens (tertiary/aromatic N) is 1. The van der Waals surface area contributed by atoms with E-state index in [0.29, 0.717) is 13.3 Å². The molecule has 0 bridgehead atoms. The van der Waals surface area contributed by atoms with Crippen LogP contribution in [0, 0.1) is 11.6 Å². The van der Waals surface area contributed by atoms with Crippen molar-refractivity contribution in [1.82, 2.24) is 4.31 Å². The van der Waals surface area contributed by atoms with Gasteiger partial charge in [-0.1, -0.05) is 31.9 Å². The zero-order valence-electron chi connectivity index (χ0n) is 15.7. The number of hydrogen-bond acceptors (Lipinski definition) is 5. The Bertz CT molecular complexity index is 1220. The second-order valence-electron chi connectivity index (χ2n) is 6.53. The normalized spacial score (nSPS) is 18.8. The summed E-state index contributed by atoms with van der Waals surface area (Å²) < 4.78 is 100. The molecule has 1 atom stereocenters. The number of sulfonamides is 1. The molecule has 0 aliphatic carbocycles. The van der Waals surface area contributed by atoms with Gasteiger partial charge in [-0.05, 0) is 36.4 Å². The van der Waals surface area contributed by atoms with Gasteiger partial charge < -0.3 is 5.11 Å². The number of aliphatic hydroxyl groups is 1. The molecule has 15 heteroatoms. The van der Waals surface area contributed by atoms with E-state index in [1.807, 2.05) is 0 Å². The third-order valence-electron chi connectivity index (χ3n) is 4.18. The summed E-state index contributed by atoms with van der Waals surface area (Å²) in [5.41, 5.74) is 0. The molecule has 1 aliphatic rings. The molecular weight excluding hydrogens is 634 g/mol. The number of benzene rings is 2. The van der Waals surface area contributed by atoms with Crippen molar-refractivity contribution in [3.8, 4) is 0 Å². The van der Waals surface area contributed by atoms with Gasteiger partial charge in [0.1, 0.15) is 21.4 Å². The van der Waals surface area contributed by atoms with Crippen LogP contribution in [0.4, 0.5) is 17.6 Å². The van der Waals surface area contributed by atoms with Crippen LogP contribution in [0.2, 0.25) is 0 Å². The van der Waals surface area contributed by atoms with Crippen molar-refractivity contribution in [3.05, 3.63) is 57.0 Å². The summed E-state index contributed by atoms with van der Waals surface area (Å²) in [4.78, 5) is -1.19. The Morgan fingerprint density at radius 1 is 1.00 bits per heavy atom. The number of hydrogen-bond donors (Lipinski definition) is 1. The summed E-state index contributed by atoms with van der Waals surface area (Å²) in [5.74, 6) is -5.13. The van der Waals surface area contributed by atoms with Gasteiger partial charge in [0.25, 0.3) is 15.0 Å². The molecule has 3 rings (SSSR count). The van der Waals surface area contributed by atoms with E-state index in [1.165, 1.54) is 12.1 Å². The summed E-state index contributed by atoms with van der Waals surface area (Å²) in [6.07, 6.45) is -0.777. The van der Waals surface area contributed by atoms with Crippen molar-refractivity contribution in [2.45, 2.75) is 28.2 Å². The quantitative estimate of drug-likeness (QED) is 0.390. The van der Waals surface area contributed by atoms with Crippen LogP contribution in [0.15, 0.2) is 55.1 Å². The van der Waals surface area contributed by atoms with Crippen LogP contribution in [0.3, 0.4) is 0 Å². The van der Waals surface area contributed by atoms with Crippen LogP contribution in [-0.4, -0.2) is 51.4 Å². The third kappa shape index (κ3) is 6.64. The average Bonchev–Trinajstić information content (AvgIpc) is 2.96. The summed E-state index contributed by atoms with van der Waals surface area (Å²) in [7, 11) is -3.46. The average molecular weight is 648 g/mol. The van der Waals surface area contributed by atoms with Crippen molar-refractivity contribution >= 4 is 61.6 Å². The van der Waals surface area contributed by atoms with Crippen molar-refractivity contribution in [1.29, 1.82) is 0 Å². The minimum atomic E-state index is -4.42. The molecule has 0 radical (unpaired) electrons. The minimum Gasteiger partial charge on any atom is -0.395 e. The Kier molecular flexibility index (Phi) is 8.79. The molecule has 1 unspecified atom stereocenters. The van der Waals surface area contributed by atoms with Crippen LogP contribution >= 0.6 is 42.5 Å². The van der Waals surface area contributed by atoms with E-state index in [0.717, 1.165) is 24.3 Å². The van der Waals surface area contributed by atoms with Gasteiger partial charge in [-0.3, -0.25) is 0 Å². The van der Waals surface area contributed by atoms with E-state index in [1.54, 1.807) is 0 Å². The molecule has 0 saturated carbocycles. The maximum Gasteiger partial charge on any atom is 0.264 e. The molecule has 2 aromatic carbocycles. The van der Waals surface area contributed by atoms with Gasteiger partial charge in [0.05, 0.1) is 19.2 Å². The van der Waals surface area contributed by atoms with E-state index in [4.69, 9.17) is 15.8 Å². The molecule has 0 aromatic heterocycles. The maximum atomic E-state index is 13.7. The molecule has 1 saturated heterocycles. The van der Waals surface area contributed by atoms with E-state index in [-0.39, 0.29) is 0 Å². The number of rotatable bonds is 4. The molecule has 1 heterocycles. The summed E-state index contributed by atoms with van der Waals surface area (Å²) >= 11 is 5.97. The first-order valence-electron chi connectivity index (χ1n) is 8.44. The summed E-state index contributed by atoms with van der Waals surface area (Å²) in [6.45, 7) is -1.80. The number of alkyl halides is 2. The lowest BCUT2D eigenvalue weighted by Crippen LogP contribution is -2.38. The number of halogens is 7. The highest BCUT2D eigenvalue weighted by Gasteiger charge is 2.50. The molecule has 6 nitrogen and oxygen atoms in total. The Morgan fingerprint density at radius 3 is 1.88 bits per heavy atom. The first-order valence-corrected chi connectivity index (χ1v) is 13.8. The Labute approximate surface area is 202 Å². The summed E-state index contributed by atoms with van der Waals surface area (Å²) in [5, 5.41) is 9.05. The molecule has 32 heavy (non-hydrogen) atoms. The maximum absolute atomic E-state index is 13.7. The van der Waals surface area contributed by atoms with Gasteiger partial charge >= 0.3 is 0 Å². The zero-order chi connectivity index (χ0) is 24.5. The van der Waals surface area contributed by atoms with E-state index < -0.39 is 72.0 Å². The minimum absolute atomic E-state index is 0.333. The van der Waals surface area contributed by atoms with Crippen LogP contribution in [-0.2, 0) is 19.1 Å². The topological polar surface area (TPSA) is 91.8 Å².